The van der Waals surface area contributed by atoms with Gasteiger partial charge in [0.1, 0.15) is 5.82 Å². The van der Waals surface area contributed by atoms with E-state index >= 15 is 0 Å². The quantitative estimate of drug-likeness (QED) is 0.769. The Morgan fingerprint density at radius 1 is 1.33 bits per heavy atom. The third kappa shape index (κ3) is 5.17. The van der Waals surface area contributed by atoms with Crippen LogP contribution < -0.4 is 10.6 Å². The number of aryl methyl sites for hydroxylation is 2. The van der Waals surface area contributed by atoms with E-state index in [2.05, 4.69) is 33.7 Å². The van der Waals surface area contributed by atoms with Gasteiger partial charge in [0, 0.05) is 18.9 Å². The molecule has 1 aromatic carbocycles. The normalized spacial score (nSPS) is 11.8. The van der Waals surface area contributed by atoms with Crippen molar-refractivity contribution >= 4 is 6.03 Å². The highest BCUT2D eigenvalue weighted by Crippen LogP contribution is 2.05. The van der Waals surface area contributed by atoms with Crippen molar-refractivity contribution in [3.63, 3.8) is 0 Å². The van der Waals surface area contributed by atoms with Gasteiger partial charge in [0.05, 0.1) is 12.6 Å². The lowest BCUT2D eigenvalue weighted by Gasteiger charge is -2.17. The fourth-order valence-electron chi connectivity index (χ4n) is 2.36. The maximum absolute atomic E-state index is 11.9. The van der Waals surface area contributed by atoms with Crippen molar-refractivity contribution in [2.75, 3.05) is 0 Å². The monoisotopic (exact) mass is 324 g/mol. The summed E-state index contributed by atoms with van der Waals surface area (Å²) >= 11 is 0. The molecule has 0 saturated heterocycles. The number of nitrogens with zero attached hydrogens (tertiary/aromatic N) is 2. The summed E-state index contributed by atoms with van der Waals surface area (Å²) in [6.07, 6.45) is 10.0. The fourth-order valence-corrected chi connectivity index (χ4v) is 2.36. The molecule has 0 unspecified atom stereocenters. The van der Waals surface area contributed by atoms with Gasteiger partial charge < -0.3 is 15.2 Å². The third-order valence-electron chi connectivity index (χ3n) is 3.83. The van der Waals surface area contributed by atoms with Crippen LogP contribution in [0.5, 0.6) is 0 Å². The van der Waals surface area contributed by atoms with Gasteiger partial charge in [-0.2, -0.15) is 0 Å². The number of rotatable bonds is 7. The average Bonchev–Trinajstić information content (AvgIpc) is 3.04. The number of benzene rings is 1. The molecular weight excluding hydrogens is 300 g/mol. The maximum Gasteiger partial charge on any atom is 0.316 e. The van der Waals surface area contributed by atoms with Crippen LogP contribution in [-0.2, 0) is 19.5 Å². The van der Waals surface area contributed by atoms with Crippen molar-refractivity contribution in [2.45, 2.75) is 39.4 Å². The number of hydrogen-bond acceptors (Lipinski definition) is 2. The maximum atomic E-state index is 11.9. The van der Waals surface area contributed by atoms with Crippen LogP contribution in [0.25, 0.3) is 0 Å². The summed E-state index contributed by atoms with van der Waals surface area (Å²) in [5.74, 6) is 3.59. The van der Waals surface area contributed by atoms with E-state index in [1.165, 1.54) is 5.56 Å². The molecule has 1 heterocycles. The van der Waals surface area contributed by atoms with Gasteiger partial charge in [-0.3, -0.25) is 0 Å². The summed E-state index contributed by atoms with van der Waals surface area (Å²) in [6.45, 7) is 5.13. The molecule has 0 fully saturated rings. The third-order valence-corrected chi connectivity index (χ3v) is 3.83. The van der Waals surface area contributed by atoms with Gasteiger partial charge in [-0.05, 0) is 17.9 Å². The van der Waals surface area contributed by atoms with Gasteiger partial charge in [0.15, 0.2) is 0 Å². The molecule has 0 radical (unpaired) electrons. The standard InChI is InChI=1S/C19H24N4O/c1-4-17(15(2)3)22-19(24)21-14-18-20-11-13-23(18)12-10-16-8-6-5-7-9-16/h1,5-9,11,13,15,17H,10,12,14H2,2-3H3,(H2,21,22,24)/t17-/m0/s1. The molecule has 1 aromatic heterocycles. The van der Waals surface area contributed by atoms with E-state index in [0.29, 0.717) is 6.54 Å². The van der Waals surface area contributed by atoms with Gasteiger partial charge in [-0.1, -0.05) is 50.1 Å². The molecule has 0 bridgehead atoms. The van der Waals surface area contributed by atoms with Gasteiger partial charge in [0.25, 0.3) is 0 Å². The van der Waals surface area contributed by atoms with E-state index in [-0.39, 0.29) is 18.0 Å². The number of nitrogens with one attached hydrogen (secondary N) is 2. The smallest absolute Gasteiger partial charge is 0.316 e. The van der Waals surface area contributed by atoms with Gasteiger partial charge in [0.2, 0.25) is 0 Å². The Labute approximate surface area is 143 Å². The molecule has 0 aliphatic rings. The summed E-state index contributed by atoms with van der Waals surface area (Å²) in [6, 6.07) is 9.74. The number of aromatic nitrogens is 2. The second-order valence-electron chi connectivity index (χ2n) is 5.99. The minimum atomic E-state index is -0.275. The fraction of sp³-hybridized carbons (Fsp3) is 0.368. The molecule has 0 spiro atoms. The zero-order valence-corrected chi connectivity index (χ0v) is 14.2. The number of carbonyl (C=O) groups excluding carboxylic acids is 1. The van der Waals surface area contributed by atoms with Crippen LogP contribution in [-0.4, -0.2) is 21.6 Å². The van der Waals surface area contributed by atoms with Gasteiger partial charge in [-0.15, -0.1) is 6.42 Å². The van der Waals surface area contributed by atoms with Crippen LogP contribution in [0, 0.1) is 18.3 Å². The van der Waals surface area contributed by atoms with E-state index in [1.54, 1.807) is 6.20 Å². The Morgan fingerprint density at radius 3 is 2.75 bits per heavy atom. The second kappa shape index (κ2) is 8.78. The summed E-state index contributed by atoms with van der Waals surface area (Å²) in [4.78, 5) is 16.3. The van der Waals surface area contributed by atoms with Crippen molar-refractivity contribution in [3.8, 4) is 12.3 Å². The molecular formula is C19H24N4O. The van der Waals surface area contributed by atoms with E-state index in [4.69, 9.17) is 6.42 Å². The molecule has 0 saturated carbocycles. The topological polar surface area (TPSA) is 59.0 Å². The summed E-state index contributed by atoms with van der Waals surface area (Å²) < 4.78 is 2.05. The Balaban J connectivity index is 1.84. The van der Waals surface area contributed by atoms with E-state index in [9.17, 15) is 4.79 Å². The summed E-state index contributed by atoms with van der Waals surface area (Å²) in [5, 5.41) is 5.60. The minimum Gasteiger partial charge on any atom is -0.333 e. The number of carbonyl (C=O) groups is 1. The Kier molecular flexibility index (Phi) is 6.44. The predicted molar refractivity (Wildman–Crippen MR) is 95.2 cm³/mol. The van der Waals surface area contributed by atoms with Gasteiger partial charge >= 0.3 is 6.03 Å². The van der Waals surface area contributed by atoms with E-state index < -0.39 is 0 Å². The molecule has 0 aliphatic heterocycles. The highest BCUT2D eigenvalue weighted by molar-refractivity contribution is 5.74. The van der Waals surface area contributed by atoms with Crippen LogP contribution in [0.1, 0.15) is 25.2 Å². The van der Waals surface area contributed by atoms with Gasteiger partial charge in [-0.25, -0.2) is 9.78 Å². The van der Waals surface area contributed by atoms with Crippen LogP contribution >= 0.6 is 0 Å². The highest BCUT2D eigenvalue weighted by Gasteiger charge is 2.13. The van der Waals surface area contributed by atoms with E-state index in [1.807, 2.05) is 42.8 Å². The molecule has 5 heteroatoms. The SMILES string of the molecule is C#C[C@H](NC(=O)NCc1nccn1CCc1ccccc1)C(C)C. The average molecular weight is 324 g/mol. The molecule has 1 atom stereocenters. The Hall–Kier alpha value is -2.74. The first-order chi connectivity index (χ1) is 11.6. The lowest BCUT2D eigenvalue weighted by molar-refractivity contribution is 0.236. The summed E-state index contributed by atoms with van der Waals surface area (Å²) in [5.41, 5.74) is 1.27. The molecule has 2 N–H and O–H groups in total. The number of hydrogen-bond donors (Lipinski definition) is 2. The van der Waals surface area contributed by atoms with Crippen molar-refractivity contribution in [1.29, 1.82) is 0 Å². The lowest BCUT2D eigenvalue weighted by Crippen LogP contribution is -2.43. The van der Waals surface area contributed by atoms with Crippen LogP contribution in [0.4, 0.5) is 4.79 Å². The number of urea groups is 1. The summed E-state index contributed by atoms with van der Waals surface area (Å²) in [7, 11) is 0. The molecule has 126 valence electrons. The first kappa shape index (κ1) is 17.6. The number of amides is 2. The second-order valence-corrected chi connectivity index (χ2v) is 5.99. The highest BCUT2D eigenvalue weighted by atomic mass is 16.2. The Morgan fingerprint density at radius 2 is 2.08 bits per heavy atom. The largest absolute Gasteiger partial charge is 0.333 e. The van der Waals surface area contributed by atoms with Crippen molar-refractivity contribution < 1.29 is 4.79 Å². The number of terminal acetylenes is 1. The minimum absolute atomic E-state index is 0.189. The van der Waals surface area contributed by atoms with Crippen molar-refractivity contribution in [2.24, 2.45) is 5.92 Å². The van der Waals surface area contributed by atoms with E-state index in [0.717, 1.165) is 18.8 Å². The first-order valence-corrected chi connectivity index (χ1v) is 8.14. The molecule has 2 aromatic rings. The molecule has 2 amide bonds. The van der Waals surface area contributed by atoms with Crippen LogP contribution in [0.3, 0.4) is 0 Å². The molecule has 0 aliphatic carbocycles. The zero-order valence-electron chi connectivity index (χ0n) is 14.2. The Bertz CT molecular complexity index is 685. The van der Waals surface area contributed by atoms with Crippen LogP contribution in [0.2, 0.25) is 0 Å². The molecule has 24 heavy (non-hydrogen) atoms. The first-order valence-electron chi connectivity index (χ1n) is 8.14. The lowest BCUT2D eigenvalue weighted by atomic mass is 10.1. The molecule has 2 rings (SSSR count). The molecule has 5 nitrogen and oxygen atoms in total. The predicted octanol–water partition coefficient (Wildman–Crippen LogP) is 2.58. The number of imidazole rings is 1. The zero-order chi connectivity index (χ0) is 17.4. The van der Waals surface area contributed by atoms with Crippen molar-refractivity contribution in [1.82, 2.24) is 20.2 Å². The van der Waals surface area contributed by atoms with Crippen molar-refractivity contribution in [3.05, 3.63) is 54.1 Å². The van der Waals surface area contributed by atoms with Crippen LogP contribution in [0.15, 0.2) is 42.7 Å².